The molecule has 0 saturated heterocycles. The van der Waals surface area contributed by atoms with Gasteiger partial charge in [0, 0.05) is 5.56 Å². The molecule has 0 saturated carbocycles. The molecular weight excluding hydrogens is 275 g/mol. The van der Waals surface area contributed by atoms with Gasteiger partial charge >= 0.3 is 0 Å². The molecule has 0 aliphatic rings. The topological polar surface area (TPSA) is 34.1 Å². The van der Waals surface area contributed by atoms with E-state index in [0.717, 1.165) is 5.56 Å². The Bertz CT molecular complexity index is 359. The molecule has 0 aliphatic carbocycles. The molecule has 0 fully saturated rings. The van der Waals surface area contributed by atoms with Crippen molar-refractivity contribution in [1.82, 2.24) is 0 Å². The van der Waals surface area contributed by atoms with Gasteiger partial charge in [-0.2, -0.15) is 8.42 Å². The van der Waals surface area contributed by atoms with Crippen LogP contribution in [0.4, 0.5) is 0 Å². The molecule has 0 heterocycles. The minimum atomic E-state index is -2.11. The fourth-order valence-electron chi connectivity index (χ4n) is 0.665. The quantitative estimate of drug-likeness (QED) is 0.443. The first-order valence-electron chi connectivity index (χ1n) is 2.89. The zero-order chi connectivity index (χ0) is 8.27. The van der Waals surface area contributed by atoms with Gasteiger partial charge in [0.15, 0.2) is 0 Å². The van der Waals surface area contributed by atoms with Crippen molar-refractivity contribution in [3.05, 3.63) is 35.9 Å². The minimum absolute atomic E-state index is 0.350. The molecule has 0 N–H and O–H groups in total. The predicted molar refractivity (Wildman–Crippen MR) is 53.5 cm³/mol. The van der Waals surface area contributed by atoms with Crippen LogP contribution < -0.4 is 0 Å². The van der Waals surface area contributed by atoms with Crippen molar-refractivity contribution in [3.8, 4) is 0 Å². The maximum absolute atomic E-state index is 10.5. The Labute approximate surface area is 79.9 Å². The summed E-state index contributed by atoms with van der Waals surface area (Å²) in [4.78, 5) is 0. The van der Waals surface area contributed by atoms with Gasteiger partial charge < -0.3 is 0 Å². The van der Waals surface area contributed by atoms with Gasteiger partial charge in [0.25, 0.3) is 0 Å². The highest BCUT2D eigenvalue weighted by Gasteiger charge is 1.97. The lowest BCUT2D eigenvalue weighted by atomic mass is 10.2. The molecule has 0 radical (unpaired) electrons. The van der Waals surface area contributed by atoms with E-state index in [1.165, 1.54) is 0 Å². The van der Waals surface area contributed by atoms with Gasteiger partial charge in [-0.15, -0.1) is 0 Å². The van der Waals surface area contributed by atoms with E-state index < -0.39 is 10.3 Å². The molecule has 58 valence electrons. The Hall–Kier alpha value is -0.360. The van der Waals surface area contributed by atoms with Crippen molar-refractivity contribution in [2.24, 2.45) is 0 Å². The zero-order valence-electron chi connectivity index (χ0n) is 5.49. The van der Waals surface area contributed by atoms with Crippen LogP contribution in [0.3, 0.4) is 0 Å². The molecule has 4 heteroatoms. The average molecular weight is 280 g/mol. The number of halogens is 1. The lowest BCUT2D eigenvalue weighted by molar-refractivity contribution is 0.627. The molecule has 0 atom stereocenters. The Morgan fingerprint density at radius 3 is 2.18 bits per heavy atom. The van der Waals surface area contributed by atoms with Crippen molar-refractivity contribution in [2.45, 2.75) is 0 Å². The van der Waals surface area contributed by atoms with Gasteiger partial charge in [0.05, 0.1) is 0 Å². The summed E-state index contributed by atoms with van der Waals surface area (Å²) in [6, 6.07) is 8.98. The Morgan fingerprint density at radius 1 is 1.18 bits per heavy atom. The summed E-state index contributed by atoms with van der Waals surface area (Å²) in [6.07, 6.45) is 0. The molecule has 1 aromatic rings. The summed E-state index contributed by atoms with van der Waals surface area (Å²) in [5.74, 6) is 0. The fourth-order valence-corrected chi connectivity index (χ4v) is 1.35. The summed E-state index contributed by atoms with van der Waals surface area (Å²) in [5, 5.41) is 0. The van der Waals surface area contributed by atoms with Gasteiger partial charge in [-0.3, -0.25) is 0 Å². The van der Waals surface area contributed by atoms with Crippen LogP contribution >= 0.6 is 22.6 Å². The molecule has 0 aromatic heterocycles. The van der Waals surface area contributed by atoms with Crippen molar-refractivity contribution in [2.75, 3.05) is 0 Å². The van der Waals surface area contributed by atoms with E-state index in [1.54, 1.807) is 46.9 Å². The van der Waals surface area contributed by atoms with Crippen LogP contribution in [-0.4, -0.2) is 11.3 Å². The second-order valence-corrected chi connectivity index (χ2v) is 4.56. The molecule has 1 aromatic carbocycles. The molecular formula is C7H5IO2S. The van der Waals surface area contributed by atoms with Crippen LogP contribution in [0, 0.1) is 0 Å². The standard InChI is InChI=1S/C7H5IO2S/c8-7(11(9)10)6-4-2-1-3-5-6/h1-5H. The van der Waals surface area contributed by atoms with Crippen molar-refractivity contribution >= 4 is 35.8 Å². The van der Waals surface area contributed by atoms with E-state index in [1.807, 2.05) is 6.07 Å². The van der Waals surface area contributed by atoms with Crippen molar-refractivity contribution < 1.29 is 8.42 Å². The third-order valence-electron chi connectivity index (χ3n) is 1.15. The number of hydrogen-bond donors (Lipinski definition) is 0. The Morgan fingerprint density at radius 2 is 1.73 bits per heavy atom. The first-order valence-corrected chi connectivity index (χ1v) is 5.04. The van der Waals surface area contributed by atoms with E-state index >= 15 is 0 Å². The Kier molecular flexibility index (Phi) is 3.07. The van der Waals surface area contributed by atoms with Crippen molar-refractivity contribution in [1.29, 1.82) is 0 Å². The monoisotopic (exact) mass is 280 g/mol. The van der Waals surface area contributed by atoms with E-state index in [0.29, 0.717) is 2.87 Å². The first-order chi connectivity index (χ1) is 5.22. The Balaban J connectivity index is 3.26. The van der Waals surface area contributed by atoms with Gasteiger partial charge in [-0.05, 0) is 22.6 Å². The molecule has 0 unspecified atom stereocenters. The number of benzene rings is 1. The van der Waals surface area contributed by atoms with E-state index in [-0.39, 0.29) is 0 Å². The van der Waals surface area contributed by atoms with Gasteiger partial charge in [0.1, 0.15) is 2.87 Å². The molecule has 0 amide bonds. The van der Waals surface area contributed by atoms with E-state index in [9.17, 15) is 8.42 Å². The maximum atomic E-state index is 10.5. The highest BCUT2D eigenvalue weighted by molar-refractivity contribution is 14.1. The lowest BCUT2D eigenvalue weighted by Gasteiger charge is -1.90. The molecule has 0 bridgehead atoms. The summed E-state index contributed by atoms with van der Waals surface area (Å²) >= 11 is 1.80. The smallest absolute Gasteiger partial charge is 0.183 e. The molecule has 0 spiro atoms. The zero-order valence-corrected chi connectivity index (χ0v) is 8.46. The third kappa shape index (κ3) is 2.30. The molecule has 1 rings (SSSR count). The fraction of sp³-hybridized carbons (Fsp3) is 0. The average Bonchev–Trinajstić information content (AvgIpc) is 2.05. The highest BCUT2D eigenvalue weighted by atomic mass is 127. The minimum Gasteiger partial charge on any atom is -0.183 e. The number of rotatable bonds is 1. The van der Waals surface area contributed by atoms with Crippen molar-refractivity contribution in [3.63, 3.8) is 0 Å². The molecule has 0 aliphatic heterocycles. The summed E-state index contributed by atoms with van der Waals surface area (Å²) < 4.78 is 21.3. The third-order valence-corrected chi connectivity index (χ3v) is 3.38. The second kappa shape index (κ2) is 3.87. The molecule has 11 heavy (non-hydrogen) atoms. The largest absolute Gasteiger partial charge is 0.228 e. The predicted octanol–water partition coefficient (Wildman–Crippen LogP) is 1.48. The SMILES string of the molecule is O=S(=O)=C(I)c1ccccc1. The maximum Gasteiger partial charge on any atom is 0.228 e. The van der Waals surface area contributed by atoms with Crippen LogP contribution in [0.2, 0.25) is 0 Å². The van der Waals surface area contributed by atoms with Crippen LogP contribution in [-0.2, 0) is 10.3 Å². The number of hydrogen-bond acceptors (Lipinski definition) is 2. The summed E-state index contributed by atoms with van der Waals surface area (Å²) in [7, 11) is -2.11. The van der Waals surface area contributed by atoms with Gasteiger partial charge in [-0.1, -0.05) is 30.3 Å². The first kappa shape index (κ1) is 8.73. The summed E-state index contributed by atoms with van der Waals surface area (Å²) in [6.45, 7) is 0. The summed E-state index contributed by atoms with van der Waals surface area (Å²) in [5.41, 5.74) is 0.737. The second-order valence-electron chi connectivity index (χ2n) is 1.87. The van der Waals surface area contributed by atoms with E-state index in [4.69, 9.17) is 0 Å². The molecule has 2 nitrogen and oxygen atoms in total. The normalized spacial score (nSPS) is 9.18. The van der Waals surface area contributed by atoms with Crippen LogP contribution in [0.15, 0.2) is 30.3 Å². The highest BCUT2D eigenvalue weighted by Crippen LogP contribution is 2.04. The van der Waals surface area contributed by atoms with Crippen LogP contribution in [0.5, 0.6) is 0 Å². The van der Waals surface area contributed by atoms with Gasteiger partial charge in [0.2, 0.25) is 10.3 Å². The van der Waals surface area contributed by atoms with Gasteiger partial charge in [-0.25, -0.2) is 0 Å². The van der Waals surface area contributed by atoms with E-state index in [2.05, 4.69) is 0 Å². The van der Waals surface area contributed by atoms with Crippen LogP contribution in [0.25, 0.3) is 0 Å². The van der Waals surface area contributed by atoms with Crippen LogP contribution in [0.1, 0.15) is 5.56 Å². The lowest BCUT2D eigenvalue weighted by Crippen LogP contribution is -1.89.